The number of nitrogens with two attached hydrogens (primary N) is 1. The normalized spacial score (nSPS) is 28.8. The van der Waals surface area contributed by atoms with Gasteiger partial charge in [0.1, 0.15) is 42.3 Å². The number of aliphatic hydroxyl groups excluding tert-OH is 1. The first-order valence-electron chi connectivity index (χ1n) is 20.5. The van der Waals surface area contributed by atoms with Gasteiger partial charge >= 0.3 is 0 Å². The number of carbonyl (C=O) groups excluding carboxylic acids is 9. The maximum atomic E-state index is 14.4. The number of primary amides is 1. The number of benzene rings is 1. The number of amides is 9. The predicted molar refractivity (Wildman–Crippen MR) is 222 cm³/mol. The Morgan fingerprint density at radius 3 is 2.13 bits per heavy atom. The van der Waals surface area contributed by atoms with Gasteiger partial charge in [-0.1, -0.05) is 58.7 Å². The zero-order valence-corrected chi connectivity index (χ0v) is 35.6. The molecule has 9 amide bonds. The first-order valence-corrected chi connectivity index (χ1v) is 21.5. The first-order chi connectivity index (χ1) is 28.9. The average molecular weight is 869 g/mol. The summed E-state index contributed by atoms with van der Waals surface area (Å²) in [5.41, 5.74) is 6.71. The van der Waals surface area contributed by atoms with Crippen molar-refractivity contribution in [3.05, 3.63) is 29.8 Å². The first kappa shape index (κ1) is 46.4. The largest absolute Gasteiger partial charge is 0.391 e. The SMILES string of the molecule is CCC(C)C1NC(=O)C(C)NC(=O)C2Cc3c([nH]c4ccccc34)SCC(NC(=O)CNC1=O)C(=O)NC(CC(N)=O)C(=O)N1CC(O)CC1C(=O)NC(C(C)CC)C(=O)N2. The monoisotopic (exact) mass is 868 g/mol. The number of aromatic nitrogens is 1. The van der Waals surface area contributed by atoms with Gasteiger partial charge in [0.25, 0.3) is 0 Å². The summed E-state index contributed by atoms with van der Waals surface area (Å²) >= 11 is 1.08. The van der Waals surface area contributed by atoms with E-state index in [1.807, 2.05) is 0 Å². The highest BCUT2D eigenvalue weighted by molar-refractivity contribution is 7.99. The number of nitrogens with zero attached hydrogens (tertiary/aromatic N) is 1. The summed E-state index contributed by atoms with van der Waals surface area (Å²) in [6.45, 7) is 7.48. The van der Waals surface area contributed by atoms with Crippen LogP contribution < -0.4 is 43.0 Å². The molecule has 21 heteroatoms. The molecule has 61 heavy (non-hydrogen) atoms. The Morgan fingerprint density at radius 2 is 1.46 bits per heavy atom. The Balaban J connectivity index is 1.69. The molecule has 4 heterocycles. The van der Waals surface area contributed by atoms with Gasteiger partial charge in [-0.05, 0) is 30.4 Å². The summed E-state index contributed by atoms with van der Waals surface area (Å²) in [7, 11) is 0. The maximum Gasteiger partial charge on any atom is 0.246 e. The van der Waals surface area contributed by atoms with Gasteiger partial charge in [-0.3, -0.25) is 43.2 Å². The summed E-state index contributed by atoms with van der Waals surface area (Å²) in [5.74, 6) is -8.49. The fourth-order valence-electron chi connectivity index (χ4n) is 7.54. The summed E-state index contributed by atoms with van der Waals surface area (Å²) in [6.07, 6.45) is -1.45. The second-order valence-electron chi connectivity index (χ2n) is 16.0. The van der Waals surface area contributed by atoms with E-state index in [4.69, 9.17) is 5.73 Å². The lowest BCUT2D eigenvalue weighted by molar-refractivity contribution is -0.143. The third kappa shape index (κ3) is 11.2. The molecule has 11 N–H and O–H groups in total. The number of thioether (sulfide) groups is 1. The number of hydrogen-bond acceptors (Lipinski definition) is 11. The maximum absolute atomic E-state index is 14.4. The number of H-pyrrole nitrogens is 1. The molecule has 0 radical (unpaired) electrons. The molecule has 10 unspecified atom stereocenters. The van der Waals surface area contributed by atoms with E-state index in [2.05, 4.69) is 42.2 Å². The Kier molecular flexibility index (Phi) is 15.4. The third-order valence-electron chi connectivity index (χ3n) is 11.5. The molecule has 1 aromatic carbocycles. The van der Waals surface area contributed by atoms with E-state index in [0.717, 1.165) is 16.7 Å². The highest BCUT2D eigenvalue weighted by Gasteiger charge is 2.44. The van der Waals surface area contributed by atoms with Crippen molar-refractivity contribution in [1.82, 2.24) is 47.1 Å². The van der Waals surface area contributed by atoms with Crippen LogP contribution in [0.25, 0.3) is 10.9 Å². The van der Waals surface area contributed by atoms with Crippen LogP contribution >= 0.6 is 11.8 Å². The zero-order chi connectivity index (χ0) is 44.7. The number of rotatable bonds is 6. The fraction of sp³-hybridized carbons (Fsp3) is 0.575. The van der Waals surface area contributed by atoms with E-state index >= 15 is 0 Å². The van der Waals surface area contributed by atoms with E-state index in [1.165, 1.54) is 6.92 Å². The zero-order valence-electron chi connectivity index (χ0n) is 34.8. The summed E-state index contributed by atoms with van der Waals surface area (Å²) in [6, 6.07) is -2.26. The molecule has 2 bridgehead atoms. The summed E-state index contributed by atoms with van der Waals surface area (Å²) in [4.78, 5) is 128. The lowest BCUT2D eigenvalue weighted by Gasteiger charge is -2.32. The van der Waals surface area contributed by atoms with E-state index in [-0.39, 0.29) is 25.1 Å². The molecule has 0 aliphatic carbocycles. The van der Waals surface area contributed by atoms with Crippen molar-refractivity contribution in [3.63, 3.8) is 0 Å². The molecule has 1 aromatic heterocycles. The molecule has 3 aliphatic heterocycles. The number of nitrogens with one attached hydrogen (secondary N) is 8. The van der Waals surface area contributed by atoms with Gasteiger partial charge in [0.05, 0.1) is 24.1 Å². The molecule has 1 fully saturated rings. The van der Waals surface area contributed by atoms with Crippen molar-refractivity contribution >= 4 is 75.8 Å². The second-order valence-corrected chi connectivity index (χ2v) is 17.0. The van der Waals surface area contributed by atoms with Gasteiger partial charge in [0, 0.05) is 36.0 Å². The van der Waals surface area contributed by atoms with Gasteiger partial charge in [-0.25, -0.2) is 0 Å². The van der Waals surface area contributed by atoms with Crippen LogP contribution in [0.2, 0.25) is 0 Å². The van der Waals surface area contributed by atoms with Crippen molar-refractivity contribution in [2.45, 2.75) is 120 Å². The van der Waals surface area contributed by atoms with Crippen molar-refractivity contribution in [2.75, 3.05) is 18.8 Å². The molecular weight excluding hydrogens is 813 g/mol. The number of carbonyl (C=O) groups is 9. The number of fused-ring (bicyclic) bond motifs is 5. The molecule has 10 atom stereocenters. The number of aliphatic hydroxyl groups is 1. The van der Waals surface area contributed by atoms with Gasteiger partial charge in [0.15, 0.2) is 0 Å². The summed E-state index contributed by atoms with van der Waals surface area (Å²) < 4.78 is 0. The van der Waals surface area contributed by atoms with Crippen LogP contribution in [0.15, 0.2) is 29.3 Å². The molecular formula is C40H56N10O10S. The minimum Gasteiger partial charge on any atom is -0.391 e. The Morgan fingerprint density at radius 1 is 0.820 bits per heavy atom. The predicted octanol–water partition coefficient (Wildman–Crippen LogP) is -2.20. The fourth-order valence-corrected chi connectivity index (χ4v) is 8.66. The molecule has 332 valence electrons. The molecule has 0 saturated carbocycles. The summed E-state index contributed by atoms with van der Waals surface area (Å²) in [5, 5.41) is 30.3. The highest BCUT2D eigenvalue weighted by Crippen LogP contribution is 2.32. The van der Waals surface area contributed by atoms with Crippen molar-refractivity contribution in [3.8, 4) is 0 Å². The smallest absolute Gasteiger partial charge is 0.246 e. The van der Waals surface area contributed by atoms with E-state index in [1.54, 1.807) is 52.0 Å². The lowest BCUT2D eigenvalue weighted by Crippen LogP contribution is -2.61. The second kappa shape index (κ2) is 20.2. The van der Waals surface area contributed by atoms with Crippen molar-refractivity contribution in [2.24, 2.45) is 17.6 Å². The number of para-hydroxylation sites is 1. The molecule has 0 spiro atoms. The standard InChI is InChI=1S/C40H56N10O10S/c1-6-18(3)31-37(58)42-15-30(53)44-27-17-61-39-23(22-10-8-9-11-24(22)47-39)13-25(34(55)43-20(5)33(54)48-31)45-38(59)32(19(4)7-2)49-36(57)28-12-21(51)16-50(28)40(60)26(14-29(41)52)46-35(27)56/h8-11,18-21,25-28,31-32,47,51H,6-7,12-17H2,1-5H3,(H2,41,52)(H,42,58)(H,43,55)(H,44,53)(H,45,59)(H,46,56)(H,48,54)(H,49,57). The molecule has 20 nitrogen and oxygen atoms in total. The van der Waals surface area contributed by atoms with Gasteiger partial charge in [0.2, 0.25) is 53.2 Å². The minimum atomic E-state index is -1.64. The van der Waals surface area contributed by atoms with Crippen LogP contribution in [0.4, 0.5) is 0 Å². The van der Waals surface area contributed by atoms with E-state index in [0.29, 0.717) is 34.3 Å². The van der Waals surface area contributed by atoms with Crippen LogP contribution in [0.5, 0.6) is 0 Å². The topological polar surface area (TPSA) is 303 Å². The third-order valence-corrected chi connectivity index (χ3v) is 12.6. The van der Waals surface area contributed by atoms with E-state index < -0.39 is 126 Å². The van der Waals surface area contributed by atoms with Crippen LogP contribution in [-0.4, -0.2) is 135 Å². The van der Waals surface area contributed by atoms with Crippen LogP contribution in [0.3, 0.4) is 0 Å². The Bertz CT molecular complexity index is 2040. The van der Waals surface area contributed by atoms with E-state index in [9.17, 15) is 48.3 Å². The van der Waals surface area contributed by atoms with Crippen LogP contribution in [-0.2, 0) is 49.6 Å². The number of hydrogen-bond donors (Lipinski definition) is 10. The van der Waals surface area contributed by atoms with Gasteiger partial charge in [-0.2, -0.15) is 0 Å². The molecule has 5 rings (SSSR count). The van der Waals surface area contributed by atoms with Gasteiger partial charge in [-0.15, -0.1) is 11.8 Å². The molecule has 2 aromatic rings. The van der Waals surface area contributed by atoms with Gasteiger partial charge < -0.3 is 57.9 Å². The Hall–Kier alpha value is -5.70. The molecule has 1 saturated heterocycles. The van der Waals surface area contributed by atoms with Crippen LogP contribution in [0, 0.1) is 11.8 Å². The lowest BCUT2D eigenvalue weighted by atomic mass is 9.96. The average Bonchev–Trinajstić information content (AvgIpc) is 3.79. The van der Waals surface area contributed by atoms with Crippen LogP contribution in [0.1, 0.15) is 65.9 Å². The van der Waals surface area contributed by atoms with Crippen molar-refractivity contribution < 1.29 is 48.3 Å². The minimum absolute atomic E-state index is 0.154. The highest BCUT2D eigenvalue weighted by atomic mass is 32.2. The molecule has 3 aliphatic rings. The Labute approximate surface area is 356 Å². The number of aromatic amines is 1. The van der Waals surface area contributed by atoms with Crippen molar-refractivity contribution in [1.29, 1.82) is 0 Å². The quantitative estimate of drug-likeness (QED) is 0.149.